The van der Waals surface area contributed by atoms with Crippen LogP contribution in [-0.4, -0.2) is 50.6 Å². The molecular weight excluding hydrogens is 512 g/mol. The minimum atomic E-state index is -3.05. The van der Waals surface area contributed by atoms with Crippen molar-refractivity contribution in [3.63, 3.8) is 0 Å². The van der Waals surface area contributed by atoms with Gasteiger partial charge in [0.15, 0.2) is 5.96 Å². The minimum absolute atomic E-state index is 0. The van der Waals surface area contributed by atoms with Gasteiger partial charge in [0.05, 0.1) is 17.5 Å². The molecule has 1 fully saturated rings. The van der Waals surface area contributed by atoms with Crippen molar-refractivity contribution < 1.29 is 22.7 Å². The number of benzene rings is 1. The average Bonchev–Trinajstić information content (AvgIpc) is 3.14. The van der Waals surface area contributed by atoms with E-state index in [4.69, 9.17) is 0 Å². The highest BCUT2D eigenvalue weighted by Crippen LogP contribution is 2.38. The molecule has 0 unspecified atom stereocenters. The van der Waals surface area contributed by atoms with Gasteiger partial charge in [0.25, 0.3) is 0 Å². The van der Waals surface area contributed by atoms with Crippen molar-refractivity contribution in [1.82, 2.24) is 15.5 Å². The summed E-state index contributed by atoms with van der Waals surface area (Å²) in [6, 6.07) is 3.76. The largest absolute Gasteiger partial charge is 0.434 e. The molecule has 0 aliphatic heterocycles. The quantitative estimate of drug-likeness (QED) is 0.299. The molecule has 1 aromatic carbocycles. The normalized spacial score (nSPS) is 15.5. The molecule has 170 valence electrons. The average molecular weight is 542 g/mol. The topological polar surface area (TPSA) is 66.0 Å². The standard InChI is InChI=1S/C20H29F3N4O2.HI/c1-4-24-19(26-13-20(10-5-6-11-20)17(28)27(2)3)25-12-14-15(21)8-7-9-16(14)29-18(22)23;/h7-9,18H,4-6,10-13H2,1-3H3,(H2,24,25,26);1H. The van der Waals surface area contributed by atoms with Crippen LogP contribution in [0.3, 0.4) is 0 Å². The fourth-order valence-electron chi connectivity index (χ4n) is 3.64. The van der Waals surface area contributed by atoms with Crippen molar-refractivity contribution in [3.8, 4) is 5.75 Å². The van der Waals surface area contributed by atoms with E-state index in [-0.39, 0.29) is 47.7 Å². The number of alkyl halides is 2. The van der Waals surface area contributed by atoms with E-state index in [0.717, 1.165) is 25.7 Å². The van der Waals surface area contributed by atoms with Crippen LogP contribution in [0.5, 0.6) is 5.75 Å². The first-order valence-corrected chi connectivity index (χ1v) is 9.75. The molecule has 10 heteroatoms. The van der Waals surface area contributed by atoms with E-state index >= 15 is 0 Å². The van der Waals surface area contributed by atoms with Gasteiger partial charge in [-0.3, -0.25) is 4.79 Å². The van der Waals surface area contributed by atoms with Crippen LogP contribution in [0.2, 0.25) is 0 Å². The Kier molecular flexibility index (Phi) is 10.7. The summed E-state index contributed by atoms with van der Waals surface area (Å²) >= 11 is 0. The number of carbonyl (C=O) groups excluding carboxylic acids is 1. The van der Waals surface area contributed by atoms with E-state index < -0.39 is 17.8 Å². The van der Waals surface area contributed by atoms with Gasteiger partial charge >= 0.3 is 6.61 Å². The summed E-state index contributed by atoms with van der Waals surface area (Å²) in [6.45, 7) is -0.406. The molecule has 0 saturated heterocycles. The Morgan fingerprint density at radius 3 is 2.50 bits per heavy atom. The molecule has 2 N–H and O–H groups in total. The third-order valence-electron chi connectivity index (χ3n) is 5.05. The van der Waals surface area contributed by atoms with Crippen molar-refractivity contribution in [1.29, 1.82) is 0 Å². The predicted molar refractivity (Wildman–Crippen MR) is 121 cm³/mol. The number of carbonyl (C=O) groups is 1. The van der Waals surface area contributed by atoms with Gasteiger partial charge in [0.2, 0.25) is 5.91 Å². The zero-order valence-electron chi connectivity index (χ0n) is 17.5. The SMILES string of the molecule is CCNC(=NCc1c(F)cccc1OC(F)F)NCC1(C(=O)N(C)C)CCCC1.I. The van der Waals surface area contributed by atoms with Crippen molar-refractivity contribution in [2.24, 2.45) is 10.4 Å². The molecule has 6 nitrogen and oxygen atoms in total. The van der Waals surface area contributed by atoms with Crippen LogP contribution < -0.4 is 15.4 Å². The van der Waals surface area contributed by atoms with E-state index in [2.05, 4.69) is 20.4 Å². The molecule has 1 aliphatic rings. The van der Waals surface area contributed by atoms with Crippen molar-refractivity contribution in [3.05, 3.63) is 29.6 Å². The number of nitrogens with one attached hydrogen (secondary N) is 2. The molecule has 0 aromatic heterocycles. The highest BCUT2D eigenvalue weighted by atomic mass is 127. The number of amides is 1. The Labute approximate surface area is 192 Å². The Hall–Kier alpha value is -1.72. The number of halogens is 4. The van der Waals surface area contributed by atoms with Crippen LogP contribution >= 0.6 is 24.0 Å². The first-order chi connectivity index (χ1) is 13.8. The number of nitrogens with zero attached hydrogens (tertiary/aromatic N) is 2. The molecule has 1 aliphatic carbocycles. The van der Waals surface area contributed by atoms with E-state index in [9.17, 15) is 18.0 Å². The molecule has 30 heavy (non-hydrogen) atoms. The summed E-state index contributed by atoms with van der Waals surface area (Å²) in [5.41, 5.74) is -0.549. The number of aliphatic imine (C=N–C) groups is 1. The van der Waals surface area contributed by atoms with Gasteiger partial charge in [0, 0.05) is 27.2 Å². The molecule has 0 atom stereocenters. The van der Waals surface area contributed by atoms with Gasteiger partial charge in [-0.15, -0.1) is 24.0 Å². The van der Waals surface area contributed by atoms with Crippen LogP contribution in [0, 0.1) is 11.2 Å². The third-order valence-corrected chi connectivity index (χ3v) is 5.05. The Balaban J connectivity index is 0.00000450. The molecule has 1 saturated carbocycles. The highest BCUT2D eigenvalue weighted by Gasteiger charge is 2.42. The third kappa shape index (κ3) is 6.92. The zero-order valence-corrected chi connectivity index (χ0v) is 19.8. The minimum Gasteiger partial charge on any atom is -0.434 e. The summed E-state index contributed by atoms with van der Waals surface area (Å²) in [6.07, 6.45) is 3.54. The lowest BCUT2D eigenvalue weighted by molar-refractivity contribution is -0.138. The Morgan fingerprint density at radius 2 is 1.93 bits per heavy atom. The zero-order chi connectivity index (χ0) is 21.4. The monoisotopic (exact) mass is 542 g/mol. The van der Waals surface area contributed by atoms with Gasteiger partial charge in [0.1, 0.15) is 11.6 Å². The lowest BCUT2D eigenvalue weighted by atomic mass is 9.84. The second-order valence-corrected chi connectivity index (χ2v) is 7.33. The fraction of sp³-hybridized carbons (Fsp3) is 0.600. The van der Waals surface area contributed by atoms with Gasteiger partial charge in [-0.1, -0.05) is 18.9 Å². The summed E-state index contributed by atoms with van der Waals surface area (Å²) in [5.74, 6) is -0.455. The first-order valence-electron chi connectivity index (χ1n) is 9.75. The highest BCUT2D eigenvalue weighted by molar-refractivity contribution is 14.0. The number of guanidine groups is 1. The van der Waals surface area contributed by atoms with Crippen molar-refractivity contribution in [2.45, 2.75) is 45.8 Å². The van der Waals surface area contributed by atoms with Crippen LogP contribution in [0.15, 0.2) is 23.2 Å². The molecule has 1 aromatic rings. The first kappa shape index (κ1) is 26.3. The van der Waals surface area contributed by atoms with Crippen molar-refractivity contribution >= 4 is 35.8 Å². The Bertz CT molecular complexity index is 726. The maximum absolute atomic E-state index is 14.1. The van der Waals surface area contributed by atoms with Crippen LogP contribution in [-0.2, 0) is 11.3 Å². The van der Waals surface area contributed by atoms with Crippen LogP contribution in [0.1, 0.15) is 38.2 Å². The van der Waals surface area contributed by atoms with E-state index in [1.54, 1.807) is 19.0 Å². The summed E-state index contributed by atoms with van der Waals surface area (Å²) < 4.78 is 43.7. The van der Waals surface area contributed by atoms with E-state index in [0.29, 0.717) is 19.0 Å². The summed E-state index contributed by atoms with van der Waals surface area (Å²) in [7, 11) is 3.48. The Morgan fingerprint density at radius 1 is 1.27 bits per heavy atom. The fourth-order valence-corrected chi connectivity index (χ4v) is 3.64. The van der Waals surface area contributed by atoms with Gasteiger partial charge in [-0.25, -0.2) is 9.38 Å². The maximum atomic E-state index is 14.1. The summed E-state index contributed by atoms with van der Waals surface area (Å²) in [4.78, 5) is 18.6. The van der Waals surface area contributed by atoms with Gasteiger partial charge < -0.3 is 20.3 Å². The van der Waals surface area contributed by atoms with E-state index in [1.165, 1.54) is 18.2 Å². The molecule has 1 amide bonds. The number of ether oxygens (including phenoxy) is 1. The van der Waals surface area contributed by atoms with Crippen LogP contribution in [0.25, 0.3) is 0 Å². The van der Waals surface area contributed by atoms with E-state index in [1.807, 2.05) is 6.92 Å². The maximum Gasteiger partial charge on any atom is 0.387 e. The van der Waals surface area contributed by atoms with Gasteiger partial charge in [-0.2, -0.15) is 8.78 Å². The number of hydrogen-bond donors (Lipinski definition) is 2. The number of hydrogen-bond acceptors (Lipinski definition) is 3. The lowest BCUT2D eigenvalue weighted by Crippen LogP contribution is -2.49. The molecule has 0 bridgehead atoms. The van der Waals surface area contributed by atoms with Crippen molar-refractivity contribution in [2.75, 3.05) is 27.2 Å². The predicted octanol–water partition coefficient (Wildman–Crippen LogP) is 3.75. The summed E-state index contributed by atoms with van der Waals surface area (Å²) in [5, 5.41) is 6.21. The molecule has 0 heterocycles. The molecular formula is C20H30F3IN4O2. The molecule has 0 spiro atoms. The van der Waals surface area contributed by atoms with Gasteiger partial charge in [-0.05, 0) is 31.9 Å². The van der Waals surface area contributed by atoms with Crippen LogP contribution in [0.4, 0.5) is 13.2 Å². The molecule has 0 radical (unpaired) electrons. The smallest absolute Gasteiger partial charge is 0.387 e. The second-order valence-electron chi connectivity index (χ2n) is 7.33. The lowest BCUT2D eigenvalue weighted by Gasteiger charge is -2.31. The number of rotatable bonds is 8. The second kappa shape index (κ2) is 12.2. The molecule has 2 rings (SSSR count).